The lowest BCUT2D eigenvalue weighted by Gasteiger charge is -2.30. The highest BCUT2D eigenvalue weighted by Gasteiger charge is 2.35. The summed E-state index contributed by atoms with van der Waals surface area (Å²) in [5, 5.41) is 6.89. The predicted molar refractivity (Wildman–Crippen MR) is 121 cm³/mol. The smallest absolute Gasteiger partial charge is 0.255 e. The van der Waals surface area contributed by atoms with Crippen LogP contribution in [0.5, 0.6) is 0 Å². The minimum atomic E-state index is -0.328. The van der Waals surface area contributed by atoms with E-state index in [-0.39, 0.29) is 24.4 Å². The van der Waals surface area contributed by atoms with Gasteiger partial charge in [-0.05, 0) is 41.3 Å². The van der Waals surface area contributed by atoms with Crippen molar-refractivity contribution in [1.82, 2.24) is 4.90 Å². The zero-order valence-electron chi connectivity index (χ0n) is 16.5. The lowest BCUT2D eigenvalue weighted by Crippen LogP contribution is -2.38. The van der Waals surface area contributed by atoms with Crippen LogP contribution in [0.2, 0.25) is 0 Å². The molecule has 3 aromatic carbocycles. The van der Waals surface area contributed by atoms with E-state index in [0.717, 1.165) is 32.5 Å². The Labute approximate surface area is 178 Å². The number of nitrogens with one attached hydrogen (secondary N) is 1. The van der Waals surface area contributed by atoms with Crippen molar-refractivity contribution in [3.05, 3.63) is 99.7 Å². The van der Waals surface area contributed by atoms with Gasteiger partial charge in [0, 0.05) is 21.7 Å². The van der Waals surface area contributed by atoms with Gasteiger partial charge in [-0.15, -0.1) is 11.3 Å². The van der Waals surface area contributed by atoms with Crippen LogP contribution in [0, 0.1) is 6.92 Å². The first-order valence-corrected chi connectivity index (χ1v) is 10.7. The Hall–Kier alpha value is -3.44. The maximum atomic E-state index is 13.9. The molecular weight excluding hydrogens is 392 g/mol. The van der Waals surface area contributed by atoms with E-state index in [1.807, 2.05) is 79.0 Å². The van der Waals surface area contributed by atoms with Crippen LogP contribution in [-0.2, 0) is 4.79 Å². The lowest BCUT2D eigenvalue weighted by molar-refractivity contribution is -0.117. The molecule has 1 aliphatic heterocycles. The number of hydrogen-bond acceptors (Lipinski definition) is 3. The predicted octanol–water partition coefficient (Wildman–Crippen LogP) is 5.39. The van der Waals surface area contributed by atoms with E-state index in [1.165, 1.54) is 0 Å². The van der Waals surface area contributed by atoms with Crippen molar-refractivity contribution in [2.45, 2.75) is 13.0 Å². The first-order chi connectivity index (χ1) is 14.6. The molecule has 0 saturated carbocycles. The van der Waals surface area contributed by atoms with Crippen molar-refractivity contribution in [3.63, 3.8) is 0 Å². The largest absolute Gasteiger partial charge is 0.324 e. The Morgan fingerprint density at radius 1 is 1.03 bits per heavy atom. The van der Waals surface area contributed by atoms with Crippen molar-refractivity contribution in [2.75, 3.05) is 11.9 Å². The van der Waals surface area contributed by atoms with E-state index in [2.05, 4.69) is 11.4 Å². The van der Waals surface area contributed by atoms with Crippen LogP contribution in [0.4, 0.5) is 5.69 Å². The van der Waals surface area contributed by atoms with Crippen LogP contribution in [0.15, 0.2) is 78.2 Å². The topological polar surface area (TPSA) is 49.4 Å². The number of carbonyl (C=O) groups is 2. The summed E-state index contributed by atoms with van der Waals surface area (Å²) in [4.78, 5) is 29.4. The van der Waals surface area contributed by atoms with Crippen molar-refractivity contribution in [2.24, 2.45) is 0 Å². The number of benzene rings is 3. The first kappa shape index (κ1) is 18.6. The van der Waals surface area contributed by atoms with Gasteiger partial charge in [0.25, 0.3) is 5.91 Å². The number of rotatable bonds is 2. The molecule has 5 heteroatoms. The average molecular weight is 413 g/mol. The van der Waals surface area contributed by atoms with Crippen LogP contribution < -0.4 is 5.32 Å². The van der Waals surface area contributed by atoms with E-state index in [9.17, 15) is 9.59 Å². The zero-order valence-corrected chi connectivity index (χ0v) is 17.3. The molecule has 0 aliphatic carbocycles. The summed E-state index contributed by atoms with van der Waals surface area (Å²) in [6.45, 7) is 2.02. The van der Waals surface area contributed by atoms with Gasteiger partial charge in [0.15, 0.2) is 0 Å². The van der Waals surface area contributed by atoms with E-state index in [4.69, 9.17) is 0 Å². The summed E-state index contributed by atoms with van der Waals surface area (Å²) >= 11 is 1.60. The number of anilines is 1. The fraction of sp³-hybridized carbons (Fsp3) is 0.120. The second kappa shape index (κ2) is 7.43. The molecule has 1 atom stereocenters. The van der Waals surface area contributed by atoms with E-state index in [1.54, 1.807) is 16.2 Å². The number of amides is 2. The van der Waals surface area contributed by atoms with Gasteiger partial charge in [-0.3, -0.25) is 9.59 Å². The molecule has 4 nitrogen and oxygen atoms in total. The third kappa shape index (κ3) is 3.17. The molecule has 2 amide bonds. The Balaban J connectivity index is 1.70. The quantitative estimate of drug-likeness (QED) is 0.480. The Morgan fingerprint density at radius 3 is 2.70 bits per heavy atom. The van der Waals surface area contributed by atoms with Crippen LogP contribution in [0.1, 0.15) is 32.4 Å². The third-order valence-electron chi connectivity index (χ3n) is 5.49. The molecule has 1 aromatic heterocycles. The maximum absolute atomic E-state index is 13.9. The Morgan fingerprint density at radius 2 is 1.87 bits per heavy atom. The van der Waals surface area contributed by atoms with Gasteiger partial charge in [-0.2, -0.15) is 0 Å². The van der Waals surface area contributed by atoms with Crippen LogP contribution in [0.25, 0.3) is 10.8 Å². The number of hydrogen-bond donors (Lipinski definition) is 1. The van der Waals surface area contributed by atoms with Crippen molar-refractivity contribution >= 4 is 39.6 Å². The molecule has 0 saturated heterocycles. The van der Waals surface area contributed by atoms with E-state index < -0.39 is 0 Å². The summed E-state index contributed by atoms with van der Waals surface area (Å²) in [5.74, 6) is -0.331. The first-order valence-electron chi connectivity index (χ1n) is 9.84. The van der Waals surface area contributed by atoms with E-state index >= 15 is 0 Å². The molecule has 4 aromatic rings. The van der Waals surface area contributed by atoms with Gasteiger partial charge >= 0.3 is 0 Å². The SMILES string of the molecule is Cc1ccc2c(c1)C(c1cccs1)N(C(=O)c1cccc3ccccc13)CC(=O)N2. The maximum Gasteiger partial charge on any atom is 0.255 e. The van der Waals surface area contributed by atoms with Crippen molar-refractivity contribution < 1.29 is 9.59 Å². The minimum Gasteiger partial charge on any atom is -0.324 e. The fourth-order valence-electron chi connectivity index (χ4n) is 4.14. The van der Waals surface area contributed by atoms with Gasteiger partial charge in [-0.25, -0.2) is 0 Å². The molecule has 0 fully saturated rings. The van der Waals surface area contributed by atoms with Crippen LogP contribution in [-0.4, -0.2) is 23.3 Å². The second-order valence-electron chi connectivity index (χ2n) is 7.52. The highest BCUT2D eigenvalue weighted by Crippen LogP contribution is 2.39. The Bertz CT molecular complexity index is 1260. The van der Waals surface area contributed by atoms with Gasteiger partial charge in [0.05, 0.1) is 6.04 Å². The normalized spacial score (nSPS) is 16.1. The molecule has 5 rings (SSSR count). The summed E-state index contributed by atoms with van der Waals surface area (Å²) in [6, 6.07) is 23.2. The van der Waals surface area contributed by atoms with Crippen LogP contribution in [0.3, 0.4) is 0 Å². The van der Waals surface area contributed by atoms with Crippen molar-refractivity contribution in [1.29, 1.82) is 0 Å². The molecule has 0 spiro atoms. The molecule has 1 unspecified atom stereocenters. The van der Waals surface area contributed by atoms with Gasteiger partial charge < -0.3 is 10.2 Å². The van der Waals surface area contributed by atoms with Crippen LogP contribution >= 0.6 is 11.3 Å². The standard InChI is InChI=1S/C25H20N2O2S/c1-16-11-12-21-20(14-16)24(22-10-5-13-30-22)27(15-23(28)26-21)25(29)19-9-4-7-17-6-2-3-8-18(17)19/h2-14,24H,15H2,1H3,(H,26,28). The molecular formula is C25H20N2O2S. The molecule has 1 N–H and O–H groups in total. The lowest BCUT2D eigenvalue weighted by atomic mass is 9.98. The third-order valence-corrected chi connectivity index (χ3v) is 6.42. The molecule has 1 aliphatic rings. The molecule has 30 heavy (non-hydrogen) atoms. The summed E-state index contributed by atoms with van der Waals surface area (Å²) in [5.41, 5.74) is 3.40. The summed E-state index contributed by atoms with van der Waals surface area (Å²) < 4.78 is 0. The number of thiophene rings is 1. The molecule has 0 radical (unpaired) electrons. The highest BCUT2D eigenvalue weighted by atomic mass is 32.1. The number of carbonyl (C=O) groups excluding carboxylic acids is 2. The van der Waals surface area contributed by atoms with Gasteiger partial charge in [0.2, 0.25) is 5.91 Å². The molecule has 2 heterocycles. The molecule has 0 bridgehead atoms. The monoisotopic (exact) mass is 412 g/mol. The second-order valence-corrected chi connectivity index (χ2v) is 8.50. The Kier molecular flexibility index (Phi) is 4.60. The fourth-order valence-corrected chi connectivity index (χ4v) is 4.99. The van der Waals surface area contributed by atoms with E-state index in [0.29, 0.717) is 5.56 Å². The van der Waals surface area contributed by atoms with Crippen molar-refractivity contribution in [3.8, 4) is 0 Å². The number of fused-ring (bicyclic) bond motifs is 2. The summed E-state index contributed by atoms with van der Waals surface area (Å²) in [7, 11) is 0. The highest BCUT2D eigenvalue weighted by molar-refractivity contribution is 7.10. The number of aryl methyl sites for hydroxylation is 1. The summed E-state index contributed by atoms with van der Waals surface area (Å²) in [6.07, 6.45) is 0. The number of nitrogens with zero attached hydrogens (tertiary/aromatic N) is 1. The zero-order chi connectivity index (χ0) is 20.7. The minimum absolute atomic E-state index is 0.00164. The van der Waals surface area contributed by atoms with Gasteiger partial charge in [0.1, 0.15) is 6.54 Å². The average Bonchev–Trinajstić information content (AvgIpc) is 3.24. The van der Waals surface area contributed by atoms with Gasteiger partial charge in [-0.1, -0.05) is 60.2 Å². The molecule has 148 valence electrons.